The molecule has 1 aromatic heterocycles. The van der Waals surface area contributed by atoms with Crippen LogP contribution in [-0.4, -0.2) is 27.3 Å². The van der Waals surface area contributed by atoms with Crippen LogP contribution in [0, 0.1) is 38.5 Å². The van der Waals surface area contributed by atoms with Gasteiger partial charge in [0, 0.05) is 23.2 Å². The van der Waals surface area contributed by atoms with Crippen molar-refractivity contribution in [2.24, 2.45) is 17.8 Å². The molecule has 3 saturated carbocycles. The van der Waals surface area contributed by atoms with Crippen LogP contribution < -0.4 is 10.6 Å². The molecule has 4 atom stereocenters. The highest BCUT2D eigenvalue weighted by molar-refractivity contribution is 6.02. The molecule has 3 unspecified atom stereocenters. The summed E-state index contributed by atoms with van der Waals surface area (Å²) in [6.07, 6.45) is 3.63. The van der Waals surface area contributed by atoms with Gasteiger partial charge in [0.15, 0.2) is 0 Å². The Bertz CT molecular complexity index is 994. The Balaban J connectivity index is 1.44. The van der Waals surface area contributed by atoms with Gasteiger partial charge in [-0.2, -0.15) is 5.10 Å². The minimum atomic E-state index is -0.434. The molecular weight excluding hydrogens is 352 g/mol. The molecular formula is C22H26N4O2. The molecule has 0 radical (unpaired) electrons. The topological polar surface area (TPSA) is 76.0 Å². The van der Waals surface area contributed by atoms with Crippen molar-refractivity contribution in [2.45, 2.75) is 52.1 Å². The molecule has 28 heavy (non-hydrogen) atoms. The standard InChI is InChI=1S/C22H26N4O2/c1-12-13(2)25-26(14(12)3)21(28)18-10-16-9-8-15(18)11-22(16)23-19-7-5-4-6-17(19)20(27)24-22/h4-7,15-16,18,23H,8-11H2,1-3H3,(H,24,27)/t15?,16?,18?,22-/m0/s1. The Kier molecular flexibility index (Phi) is 3.70. The van der Waals surface area contributed by atoms with Crippen molar-refractivity contribution in [3.8, 4) is 0 Å². The number of para-hydroxylation sites is 1. The maximum Gasteiger partial charge on any atom is 0.255 e. The minimum Gasteiger partial charge on any atom is -0.362 e. The largest absolute Gasteiger partial charge is 0.362 e. The summed E-state index contributed by atoms with van der Waals surface area (Å²) in [6, 6.07) is 7.66. The number of carbonyl (C=O) groups is 2. The lowest BCUT2D eigenvalue weighted by Crippen LogP contribution is -2.67. The number of benzene rings is 1. The second-order valence-electron chi connectivity index (χ2n) is 8.72. The number of aromatic nitrogens is 2. The average Bonchev–Trinajstić information content (AvgIpc) is 2.95. The van der Waals surface area contributed by atoms with Gasteiger partial charge in [0.2, 0.25) is 5.91 Å². The third-order valence-corrected chi connectivity index (χ3v) is 7.32. The van der Waals surface area contributed by atoms with Gasteiger partial charge in [0.1, 0.15) is 5.66 Å². The lowest BCUT2D eigenvalue weighted by molar-refractivity contribution is 0.00907. The van der Waals surface area contributed by atoms with Gasteiger partial charge in [-0.15, -0.1) is 0 Å². The molecule has 6 nitrogen and oxygen atoms in total. The van der Waals surface area contributed by atoms with Crippen LogP contribution in [0.2, 0.25) is 0 Å². The molecule has 3 fully saturated rings. The third-order valence-electron chi connectivity index (χ3n) is 7.32. The van der Waals surface area contributed by atoms with Crippen LogP contribution in [0.15, 0.2) is 24.3 Å². The number of hydrogen-bond donors (Lipinski definition) is 2. The van der Waals surface area contributed by atoms with Crippen molar-refractivity contribution in [1.82, 2.24) is 15.1 Å². The summed E-state index contributed by atoms with van der Waals surface area (Å²) in [5.41, 5.74) is 4.11. The predicted molar refractivity (Wildman–Crippen MR) is 106 cm³/mol. The first-order valence-corrected chi connectivity index (χ1v) is 10.2. The number of anilines is 1. The van der Waals surface area contributed by atoms with E-state index < -0.39 is 5.66 Å². The summed E-state index contributed by atoms with van der Waals surface area (Å²) in [5.74, 6) is 0.555. The molecule has 6 heteroatoms. The number of nitrogens with zero attached hydrogens (tertiary/aromatic N) is 2. The number of aryl methyl sites for hydroxylation is 1. The van der Waals surface area contributed by atoms with Crippen LogP contribution in [0.25, 0.3) is 0 Å². The van der Waals surface area contributed by atoms with Crippen molar-refractivity contribution >= 4 is 17.5 Å². The first-order chi connectivity index (χ1) is 13.4. The highest BCUT2D eigenvalue weighted by atomic mass is 16.2. The van der Waals surface area contributed by atoms with Crippen LogP contribution >= 0.6 is 0 Å². The normalized spacial score (nSPS) is 30.7. The van der Waals surface area contributed by atoms with Crippen molar-refractivity contribution in [1.29, 1.82) is 0 Å². The highest BCUT2D eigenvalue weighted by Gasteiger charge is 2.55. The van der Waals surface area contributed by atoms with E-state index in [9.17, 15) is 9.59 Å². The van der Waals surface area contributed by atoms with E-state index in [4.69, 9.17) is 0 Å². The van der Waals surface area contributed by atoms with Gasteiger partial charge in [-0.1, -0.05) is 12.1 Å². The molecule has 3 aliphatic carbocycles. The maximum absolute atomic E-state index is 13.3. The Morgan fingerprint density at radius 1 is 1.18 bits per heavy atom. The number of amides is 1. The lowest BCUT2D eigenvalue weighted by Gasteiger charge is -2.56. The maximum atomic E-state index is 13.3. The Morgan fingerprint density at radius 2 is 1.96 bits per heavy atom. The monoisotopic (exact) mass is 378 g/mol. The van der Waals surface area contributed by atoms with E-state index in [1.54, 1.807) is 4.68 Å². The molecule has 4 aliphatic rings. The molecule has 146 valence electrons. The van der Waals surface area contributed by atoms with Gasteiger partial charge < -0.3 is 10.6 Å². The fourth-order valence-corrected chi connectivity index (χ4v) is 5.54. The quantitative estimate of drug-likeness (QED) is 0.797. The second kappa shape index (κ2) is 5.93. The van der Waals surface area contributed by atoms with Gasteiger partial charge >= 0.3 is 0 Å². The fourth-order valence-electron chi connectivity index (χ4n) is 5.54. The summed E-state index contributed by atoms with van der Waals surface area (Å²) in [7, 11) is 0. The molecule has 1 aromatic carbocycles. The van der Waals surface area contributed by atoms with Gasteiger partial charge in [-0.3, -0.25) is 9.59 Å². The molecule has 2 bridgehead atoms. The van der Waals surface area contributed by atoms with Crippen LogP contribution in [0.3, 0.4) is 0 Å². The molecule has 1 spiro atoms. The van der Waals surface area contributed by atoms with Gasteiger partial charge in [-0.25, -0.2) is 4.68 Å². The summed E-state index contributed by atoms with van der Waals surface area (Å²) in [5, 5.41) is 11.4. The first kappa shape index (κ1) is 17.5. The van der Waals surface area contributed by atoms with Crippen LogP contribution in [0.1, 0.15) is 57.8 Å². The number of fused-ring (bicyclic) bond motifs is 3. The SMILES string of the molecule is Cc1nn(C(=O)C2CC3CCC2C[C@]32NC(=O)c3ccccc3N2)c(C)c1C. The first-order valence-electron chi connectivity index (χ1n) is 10.2. The molecule has 2 N–H and O–H groups in total. The van der Waals surface area contributed by atoms with Gasteiger partial charge in [0.25, 0.3) is 5.91 Å². The van der Waals surface area contributed by atoms with E-state index in [2.05, 4.69) is 15.7 Å². The van der Waals surface area contributed by atoms with E-state index in [1.807, 2.05) is 45.0 Å². The molecule has 1 aliphatic heterocycles. The van der Waals surface area contributed by atoms with Crippen molar-refractivity contribution in [2.75, 3.05) is 5.32 Å². The van der Waals surface area contributed by atoms with E-state index in [-0.39, 0.29) is 29.6 Å². The zero-order valence-corrected chi connectivity index (χ0v) is 16.6. The van der Waals surface area contributed by atoms with Crippen LogP contribution in [0.4, 0.5) is 5.69 Å². The van der Waals surface area contributed by atoms with E-state index >= 15 is 0 Å². The summed E-state index contributed by atoms with van der Waals surface area (Å²) in [4.78, 5) is 26.0. The Morgan fingerprint density at radius 3 is 2.64 bits per heavy atom. The van der Waals surface area contributed by atoms with E-state index in [0.717, 1.165) is 48.3 Å². The fraction of sp³-hybridized carbons (Fsp3) is 0.500. The van der Waals surface area contributed by atoms with Gasteiger partial charge in [0.05, 0.1) is 11.3 Å². The molecule has 0 saturated heterocycles. The van der Waals surface area contributed by atoms with E-state index in [1.165, 1.54) is 0 Å². The van der Waals surface area contributed by atoms with E-state index in [0.29, 0.717) is 5.56 Å². The van der Waals surface area contributed by atoms with Crippen molar-refractivity contribution < 1.29 is 9.59 Å². The number of rotatable bonds is 1. The van der Waals surface area contributed by atoms with Gasteiger partial charge in [-0.05, 0) is 70.1 Å². The summed E-state index contributed by atoms with van der Waals surface area (Å²) in [6.45, 7) is 5.94. The number of nitrogens with one attached hydrogen (secondary N) is 2. The Labute approximate surface area is 164 Å². The lowest BCUT2D eigenvalue weighted by atomic mass is 9.58. The summed E-state index contributed by atoms with van der Waals surface area (Å²) < 4.78 is 1.62. The Hall–Kier alpha value is -2.63. The second-order valence-corrected chi connectivity index (χ2v) is 8.72. The van der Waals surface area contributed by atoms with Crippen molar-refractivity contribution in [3.63, 3.8) is 0 Å². The number of hydrogen-bond acceptors (Lipinski definition) is 4. The third kappa shape index (κ3) is 2.36. The summed E-state index contributed by atoms with van der Waals surface area (Å²) >= 11 is 0. The molecule has 6 rings (SSSR count). The smallest absolute Gasteiger partial charge is 0.255 e. The molecule has 1 amide bonds. The van der Waals surface area contributed by atoms with Crippen LogP contribution in [0.5, 0.6) is 0 Å². The zero-order chi connectivity index (χ0) is 19.6. The molecule has 2 aromatic rings. The highest BCUT2D eigenvalue weighted by Crippen LogP contribution is 2.52. The number of carbonyl (C=O) groups excluding carboxylic acids is 2. The minimum absolute atomic E-state index is 0.0149. The average molecular weight is 378 g/mol. The van der Waals surface area contributed by atoms with Crippen LogP contribution in [-0.2, 0) is 0 Å². The van der Waals surface area contributed by atoms with Crippen molar-refractivity contribution in [3.05, 3.63) is 46.8 Å². The zero-order valence-electron chi connectivity index (χ0n) is 16.6. The molecule has 2 heterocycles. The predicted octanol–water partition coefficient (Wildman–Crippen LogP) is 3.44.